The number of hydrogen-bond acceptors (Lipinski definition) is 4. The van der Waals surface area contributed by atoms with E-state index in [0.29, 0.717) is 18.6 Å². The summed E-state index contributed by atoms with van der Waals surface area (Å²) >= 11 is 0. The first kappa shape index (κ1) is 14.3. The molecule has 108 valence electrons. The Balaban J connectivity index is 2.46. The van der Waals surface area contributed by atoms with Crippen LogP contribution in [0.3, 0.4) is 0 Å². The minimum atomic E-state index is -0.941. The van der Waals surface area contributed by atoms with Gasteiger partial charge >= 0.3 is 0 Å². The van der Waals surface area contributed by atoms with Gasteiger partial charge in [-0.3, -0.25) is 4.68 Å². The van der Waals surface area contributed by atoms with Crippen LogP contribution in [-0.4, -0.2) is 34.2 Å². The molecule has 2 rings (SSSR count). The van der Waals surface area contributed by atoms with Gasteiger partial charge in [0.25, 0.3) is 0 Å². The van der Waals surface area contributed by atoms with E-state index >= 15 is 0 Å². The number of nitrogens with zero attached hydrogens (tertiary/aromatic N) is 2. The fourth-order valence-corrected chi connectivity index (χ4v) is 3.05. The first-order valence-corrected chi connectivity index (χ1v) is 6.87. The summed E-state index contributed by atoms with van der Waals surface area (Å²) in [7, 11) is 1.61. The van der Waals surface area contributed by atoms with Crippen molar-refractivity contribution in [3.8, 4) is 5.75 Å². The molecule has 0 saturated carbocycles. The Morgan fingerprint density at radius 2 is 2.00 bits per heavy atom. The fraction of sp³-hybridized carbons (Fsp3) is 0.786. The Hall–Kier alpha value is -1.07. The first-order valence-electron chi connectivity index (χ1n) is 6.87. The van der Waals surface area contributed by atoms with Gasteiger partial charge in [0.05, 0.1) is 25.5 Å². The lowest BCUT2D eigenvalue weighted by Gasteiger charge is -2.39. The van der Waals surface area contributed by atoms with Gasteiger partial charge in [-0.1, -0.05) is 0 Å². The normalized spacial score (nSPS) is 31.7. The lowest BCUT2D eigenvalue weighted by Crippen LogP contribution is -2.43. The molecule has 0 radical (unpaired) electrons. The third-order valence-corrected chi connectivity index (χ3v) is 3.63. The molecule has 0 bridgehead atoms. The molecule has 1 aromatic heterocycles. The maximum atomic E-state index is 11.1. The lowest BCUT2D eigenvalue weighted by atomic mass is 9.84. The fourth-order valence-electron chi connectivity index (χ4n) is 3.05. The van der Waals surface area contributed by atoms with Crippen LogP contribution in [0.4, 0.5) is 0 Å². The number of methoxy groups -OCH3 is 1. The SMILES string of the molecule is COc1cnn(C(C)C)c1C1(O)CC(C)OC(C)C1. The zero-order chi connectivity index (χ0) is 14.2. The summed E-state index contributed by atoms with van der Waals surface area (Å²) in [5, 5.41) is 15.4. The summed E-state index contributed by atoms with van der Waals surface area (Å²) in [6.45, 7) is 8.07. The van der Waals surface area contributed by atoms with Gasteiger partial charge < -0.3 is 14.6 Å². The second-order valence-electron chi connectivity index (χ2n) is 5.80. The molecule has 5 heteroatoms. The van der Waals surface area contributed by atoms with Crippen LogP contribution >= 0.6 is 0 Å². The van der Waals surface area contributed by atoms with Crippen LogP contribution < -0.4 is 4.74 Å². The number of aromatic nitrogens is 2. The van der Waals surface area contributed by atoms with Crippen molar-refractivity contribution in [2.45, 2.75) is 64.4 Å². The molecule has 2 unspecified atom stereocenters. The van der Waals surface area contributed by atoms with Crippen molar-refractivity contribution in [3.05, 3.63) is 11.9 Å². The number of ether oxygens (including phenoxy) is 2. The van der Waals surface area contributed by atoms with Crippen molar-refractivity contribution in [2.75, 3.05) is 7.11 Å². The van der Waals surface area contributed by atoms with Crippen molar-refractivity contribution in [1.82, 2.24) is 9.78 Å². The highest BCUT2D eigenvalue weighted by Crippen LogP contribution is 2.42. The minimum Gasteiger partial charge on any atom is -0.493 e. The molecule has 0 aliphatic carbocycles. The van der Waals surface area contributed by atoms with E-state index in [2.05, 4.69) is 5.10 Å². The van der Waals surface area contributed by atoms with E-state index in [1.54, 1.807) is 13.3 Å². The van der Waals surface area contributed by atoms with Crippen molar-refractivity contribution in [3.63, 3.8) is 0 Å². The predicted octanol–water partition coefficient (Wildman–Crippen LogP) is 2.25. The highest BCUT2D eigenvalue weighted by molar-refractivity contribution is 5.32. The molecule has 1 N–H and O–H groups in total. The molecule has 1 aliphatic rings. The average molecular weight is 268 g/mol. The average Bonchev–Trinajstić information content (AvgIpc) is 2.71. The minimum absolute atomic E-state index is 0.0222. The van der Waals surface area contributed by atoms with Crippen molar-refractivity contribution in [2.24, 2.45) is 0 Å². The summed E-state index contributed by atoms with van der Waals surface area (Å²) < 4.78 is 13.0. The van der Waals surface area contributed by atoms with Crippen LogP contribution in [0.25, 0.3) is 0 Å². The van der Waals surface area contributed by atoms with Crippen LogP contribution in [0, 0.1) is 0 Å². The predicted molar refractivity (Wildman–Crippen MR) is 72.3 cm³/mol. The van der Waals surface area contributed by atoms with E-state index in [1.165, 1.54) is 0 Å². The van der Waals surface area contributed by atoms with Gasteiger partial charge in [-0.05, 0) is 27.7 Å². The van der Waals surface area contributed by atoms with Crippen LogP contribution in [0.2, 0.25) is 0 Å². The monoisotopic (exact) mass is 268 g/mol. The summed E-state index contributed by atoms with van der Waals surface area (Å²) in [5.41, 5.74) is -0.171. The van der Waals surface area contributed by atoms with E-state index in [-0.39, 0.29) is 18.2 Å². The van der Waals surface area contributed by atoms with Gasteiger partial charge in [0.1, 0.15) is 11.3 Å². The molecule has 5 nitrogen and oxygen atoms in total. The van der Waals surface area contributed by atoms with Gasteiger partial charge in [-0.25, -0.2) is 0 Å². The molecule has 2 heterocycles. The highest BCUT2D eigenvalue weighted by Gasteiger charge is 2.43. The third kappa shape index (κ3) is 2.62. The smallest absolute Gasteiger partial charge is 0.162 e. The van der Waals surface area contributed by atoms with E-state index < -0.39 is 5.60 Å². The van der Waals surface area contributed by atoms with E-state index in [0.717, 1.165) is 5.69 Å². The Bertz CT molecular complexity index is 432. The topological polar surface area (TPSA) is 56.5 Å². The quantitative estimate of drug-likeness (QED) is 0.913. The highest BCUT2D eigenvalue weighted by atomic mass is 16.5. The molecule has 0 amide bonds. The zero-order valence-corrected chi connectivity index (χ0v) is 12.4. The maximum Gasteiger partial charge on any atom is 0.162 e. The van der Waals surface area contributed by atoms with Crippen molar-refractivity contribution >= 4 is 0 Å². The molecular formula is C14H24N2O3. The van der Waals surface area contributed by atoms with Crippen LogP contribution in [0.1, 0.15) is 52.3 Å². The van der Waals surface area contributed by atoms with Gasteiger partial charge in [0, 0.05) is 18.9 Å². The lowest BCUT2D eigenvalue weighted by molar-refractivity contribution is -0.139. The molecule has 1 saturated heterocycles. The second-order valence-corrected chi connectivity index (χ2v) is 5.80. The second kappa shape index (κ2) is 5.13. The molecule has 19 heavy (non-hydrogen) atoms. The summed E-state index contributed by atoms with van der Waals surface area (Å²) in [6.07, 6.45) is 2.85. The molecule has 1 fully saturated rings. The van der Waals surface area contributed by atoms with Crippen LogP contribution in [0.15, 0.2) is 6.20 Å². The van der Waals surface area contributed by atoms with Crippen molar-refractivity contribution in [1.29, 1.82) is 0 Å². The Kier molecular flexibility index (Phi) is 3.87. The van der Waals surface area contributed by atoms with Gasteiger partial charge in [0.15, 0.2) is 5.75 Å². The van der Waals surface area contributed by atoms with Gasteiger partial charge in [-0.15, -0.1) is 0 Å². The van der Waals surface area contributed by atoms with Gasteiger partial charge in [-0.2, -0.15) is 5.10 Å². The van der Waals surface area contributed by atoms with E-state index in [1.807, 2.05) is 32.4 Å². The Labute approximate surface area is 114 Å². The largest absolute Gasteiger partial charge is 0.493 e. The zero-order valence-electron chi connectivity index (χ0n) is 12.4. The van der Waals surface area contributed by atoms with E-state index in [4.69, 9.17) is 9.47 Å². The Morgan fingerprint density at radius 1 is 1.42 bits per heavy atom. The molecule has 1 aromatic rings. The molecule has 1 aliphatic heterocycles. The molecule has 0 spiro atoms. The van der Waals surface area contributed by atoms with Crippen LogP contribution in [-0.2, 0) is 10.3 Å². The first-order chi connectivity index (χ1) is 8.87. The Morgan fingerprint density at radius 3 is 2.47 bits per heavy atom. The third-order valence-electron chi connectivity index (χ3n) is 3.63. The number of hydrogen-bond donors (Lipinski definition) is 1. The van der Waals surface area contributed by atoms with Gasteiger partial charge in [0.2, 0.25) is 0 Å². The standard InChI is InChI=1S/C14H24N2O3/c1-9(2)16-13(12(18-5)8-15-16)14(17)6-10(3)19-11(4)7-14/h8-11,17H,6-7H2,1-5H3. The number of aliphatic hydroxyl groups is 1. The van der Waals surface area contributed by atoms with E-state index in [9.17, 15) is 5.11 Å². The summed E-state index contributed by atoms with van der Waals surface area (Å²) in [6, 6.07) is 0.177. The molecule has 2 atom stereocenters. The summed E-state index contributed by atoms with van der Waals surface area (Å²) in [4.78, 5) is 0. The molecule has 0 aromatic carbocycles. The summed E-state index contributed by atoms with van der Waals surface area (Å²) in [5.74, 6) is 0.650. The molecular weight excluding hydrogens is 244 g/mol. The van der Waals surface area contributed by atoms with Crippen LogP contribution in [0.5, 0.6) is 5.75 Å². The van der Waals surface area contributed by atoms with Crippen molar-refractivity contribution < 1.29 is 14.6 Å². The number of rotatable bonds is 3. The maximum absolute atomic E-state index is 11.1.